The van der Waals surface area contributed by atoms with Gasteiger partial charge in [0.1, 0.15) is 5.78 Å². The zero-order valence-electron chi connectivity index (χ0n) is 26.2. The number of carbonyl (C=O) groups is 1. The van der Waals surface area contributed by atoms with Gasteiger partial charge in [-0.15, -0.1) is 0 Å². The third-order valence-electron chi connectivity index (χ3n) is 8.37. The number of unbranched alkanes of at least 4 members (excludes halogenated alkanes) is 29. The summed E-state index contributed by atoms with van der Waals surface area (Å²) < 4.78 is 0. The standard InChI is InChI=1S/C36H72O/c1-3-5-7-8-9-10-11-12-13-14-15-16-17-18-19-20-21-22-23-24-25-26-27-28-29-30-31-32-33-35-36(37)34-6-4-2/h3-35H2,1-2H3. The molecule has 0 fully saturated rings. The average Bonchev–Trinajstić information content (AvgIpc) is 2.91. The van der Waals surface area contributed by atoms with E-state index < -0.39 is 0 Å². The van der Waals surface area contributed by atoms with E-state index in [1.807, 2.05) is 0 Å². The lowest BCUT2D eigenvalue weighted by Crippen LogP contribution is -1.96. The molecule has 0 aliphatic rings. The first-order valence-electron chi connectivity index (χ1n) is 17.8. The minimum atomic E-state index is 0.492. The van der Waals surface area contributed by atoms with Crippen LogP contribution in [-0.2, 0) is 4.79 Å². The maximum atomic E-state index is 11.7. The lowest BCUT2D eigenvalue weighted by atomic mass is 10.0. The smallest absolute Gasteiger partial charge is 0.132 e. The molecule has 0 aromatic carbocycles. The van der Waals surface area contributed by atoms with E-state index >= 15 is 0 Å². The van der Waals surface area contributed by atoms with Gasteiger partial charge in [0, 0.05) is 12.8 Å². The summed E-state index contributed by atoms with van der Waals surface area (Å²) in [5.74, 6) is 0.492. The van der Waals surface area contributed by atoms with E-state index in [-0.39, 0.29) is 0 Å². The first-order valence-corrected chi connectivity index (χ1v) is 17.8. The predicted molar refractivity (Wildman–Crippen MR) is 169 cm³/mol. The Balaban J connectivity index is 3.05. The van der Waals surface area contributed by atoms with Crippen LogP contribution in [0.15, 0.2) is 0 Å². The Bertz CT molecular complexity index is 415. The van der Waals surface area contributed by atoms with Crippen molar-refractivity contribution in [1.29, 1.82) is 0 Å². The first kappa shape index (κ1) is 36.7. The largest absolute Gasteiger partial charge is 0.300 e. The Morgan fingerprint density at radius 1 is 0.270 bits per heavy atom. The van der Waals surface area contributed by atoms with Crippen molar-refractivity contribution in [3.8, 4) is 0 Å². The van der Waals surface area contributed by atoms with E-state index in [1.165, 1.54) is 180 Å². The van der Waals surface area contributed by atoms with Gasteiger partial charge in [-0.1, -0.05) is 200 Å². The molecule has 0 radical (unpaired) electrons. The summed E-state index contributed by atoms with van der Waals surface area (Å²) >= 11 is 0. The van der Waals surface area contributed by atoms with Crippen molar-refractivity contribution in [2.45, 2.75) is 226 Å². The van der Waals surface area contributed by atoms with Crippen LogP contribution in [0, 0.1) is 0 Å². The molecular formula is C36H72O. The number of ketones is 1. The lowest BCUT2D eigenvalue weighted by Gasteiger charge is -2.04. The second-order valence-electron chi connectivity index (χ2n) is 12.3. The van der Waals surface area contributed by atoms with Gasteiger partial charge in [0.15, 0.2) is 0 Å². The fourth-order valence-electron chi connectivity index (χ4n) is 5.67. The Labute approximate surface area is 236 Å². The highest BCUT2D eigenvalue weighted by atomic mass is 16.1. The first-order chi connectivity index (χ1) is 18.3. The van der Waals surface area contributed by atoms with E-state index in [0.717, 1.165) is 32.1 Å². The van der Waals surface area contributed by atoms with Gasteiger partial charge in [-0.2, -0.15) is 0 Å². The lowest BCUT2D eigenvalue weighted by molar-refractivity contribution is -0.119. The Kier molecular flexibility index (Phi) is 33.4. The van der Waals surface area contributed by atoms with Crippen LogP contribution in [0.3, 0.4) is 0 Å². The summed E-state index contributed by atoms with van der Waals surface area (Å²) in [7, 11) is 0. The number of rotatable bonds is 33. The highest BCUT2D eigenvalue weighted by Gasteiger charge is 2.01. The summed E-state index contributed by atoms with van der Waals surface area (Å²) in [5.41, 5.74) is 0. The zero-order chi connectivity index (χ0) is 26.9. The van der Waals surface area contributed by atoms with Gasteiger partial charge in [-0.05, 0) is 12.8 Å². The summed E-state index contributed by atoms with van der Waals surface area (Å²) in [5, 5.41) is 0. The second-order valence-corrected chi connectivity index (χ2v) is 12.3. The summed E-state index contributed by atoms with van der Waals surface area (Å²) in [6, 6.07) is 0. The van der Waals surface area contributed by atoms with Gasteiger partial charge in [0.25, 0.3) is 0 Å². The highest BCUT2D eigenvalue weighted by Crippen LogP contribution is 2.16. The van der Waals surface area contributed by atoms with Gasteiger partial charge in [0.2, 0.25) is 0 Å². The topological polar surface area (TPSA) is 17.1 Å². The third kappa shape index (κ3) is 33.6. The molecule has 0 N–H and O–H groups in total. The van der Waals surface area contributed by atoms with Crippen molar-refractivity contribution in [2.24, 2.45) is 0 Å². The highest BCUT2D eigenvalue weighted by molar-refractivity contribution is 5.78. The van der Waals surface area contributed by atoms with Crippen LogP contribution in [-0.4, -0.2) is 5.78 Å². The Morgan fingerprint density at radius 2 is 0.459 bits per heavy atom. The van der Waals surface area contributed by atoms with Gasteiger partial charge < -0.3 is 0 Å². The van der Waals surface area contributed by atoms with Crippen LogP contribution in [0.25, 0.3) is 0 Å². The summed E-state index contributed by atoms with van der Waals surface area (Å²) in [6.07, 6.45) is 45.6. The molecule has 0 unspecified atom stereocenters. The van der Waals surface area contributed by atoms with Crippen LogP contribution in [0.4, 0.5) is 0 Å². The number of hydrogen-bond acceptors (Lipinski definition) is 1. The maximum Gasteiger partial charge on any atom is 0.132 e. The fraction of sp³-hybridized carbons (Fsp3) is 0.972. The van der Waals surface area contributed by atoms with Crippen molar-refractivity contribution >= 4 is 5.78 Å². The summed E-state index contributed by atoms with van der Waals surface area (Å²) in [4.78, 5) is 11.7. The van der Waals surface area contributed by atoms with E-state index in [0.29, 0.717) is 5.78 Å². The van der Waals surface area contributed by atoms with Crippen LogP contribution in [0.2, 0.25) is 0 Å². The molecule has 0 aliphatic heterocycles. The molecule has 0 saturated carbocycles. The van der Waals surface area contributed by atoms with Gasteiger partial charge >= 0.3 is 0 Å². The molecule has 0 amide bonds. The van der Waals surface area contributed by atoms with Crippen LogP contribution in [0.1, 0.15) is 226 Å². The SMILES string of the molecule is CCCCCCCCCCCCCCCCCCCCCCCCCCCCCCCC(=O)CCCC. The second kappa shape index (κ2) is 33.7. The van der Waals surface area contributed by atoms with Crippen LogP contribution < -0.4 is 0 Å². The molecule has 0 aromatic heterocycles. The van der Waals surface area contributed by atoms with Crippen molar-refractivity contribution < 1.29 is 4.79 Å². The molecule has 0 heterocycles. The normalized spacial score (nSPS) is 11.4. The molecular weight excluding hydrogens is 448 g/mol. The predicted octanol–water partition coefficient (Wildman–Crippen LogP) is 13.5. The summed E-state index contributed by atoms with van der Waals surface area (Å²) in [6.45, 7) is 4.47. The van der Waals surface area contributed by atoms with E-state index in [1.54, 1.807) is 0 Å². The van der Waals surface area contributed by atoms with Crippen LogP contribution in [0.5, 0.6) is 0 Å². The molecule has 0 aromatic rings. The fourth-order valence-corrected chi connectivity index (χ4v) is 5.67. The third-order valence-corrected chi connectivity index (χ3v) is 8.37. The van der Waals surface area contributed by atoms with Gasteiger partial charge in [-0.25, -0.2) is 0 Å². The molecule has 0 saturated heterocycles. The number of Topliss-reactive ketones (excluding diaryl/α,β-unsaturated/α-hetero) is 1. The Hall–Kier alpha value is -0.330. The van der Waals surface area contributed by atoms with Crippen molar-refractivity contribution in [1.82, 2.24) is 0 Å². The van der Waals surface area contributed by atoms with Crippen molar-refractivity contribution in [3.63, 3.8) is 0 Å². The number of carbonyl (C=O) groups excluding carboxylic acids is 1. The van der Waals surface area contributed by atoms with Crippen molar-refractivity contribution in [2.75, 3.05) is 0 Å². The van der Waals surface area contributed by atoms with Gasteiger partial charge in [0.05, 0.1) is 0 Å². The molecule has 0 rings (SSSR count). The molecule has 1 nitrogen and oxygen atoms in total. The molecule has 1 heteroatoms. The minimum absolute atomic E-state index is 0.492. The average molecular weight is 521 g/mol. The van der Waals surface area contributed by atoms with E-state index in [2.05, 4.69) is 13.8 Å². The molecule has 37 heavy (non-hydrogen) atoms. The van der Waals surface area contributed by atoms with Crippen molar-refractivity contribution in [3.05, 3.63) is 0 Å². The minimum Gasteiger partial charge on any atom is -0.300 e. The Morgan fingerprint density at radius 3 is 0.703 bits per heavy atom. The number of hydrogen-bond donors (Lipinski definition) is 0. The van der Waals surface area contributed by atoms with E-state index in [9.17, 15) is 4.79 Å². The molecule has 0 atom stereocenters. The zero-order valence-corrected chi connectivity index (χ0v) is 26.2. The maximum absolute atomic E-state index is 11.7. The molecule has 0 aliphatic carbocycles. The van der Waals surface area contributed by atoms with Gasteiger partial charge in [-0.3, -0.25) is 4.79 Å². The monoisotopic (exact) mass is 521 g/mol. The van der Waals surface area contributed by atoms with E-state index in [4.69, 9.17) is 0 Å². The molecule has 0 spiro atoms. The van der Waals surface area contributed by atoms with Crippen LogP contribution >= 0.6 is 0 Å². The quantitative estimate of drug-likeness (QED) is 0.0786. The molecule has 222 valence electrons. The molecule has 0 bridgehead atoms.